The molecule has 2 amide bonds. The second-order valence-corrected chi connectivity index (χ2v) is 7.91. The molecule has 0 aromatic heterocycles. The van der Waals surface area contributed by atoms with Gasteiger partial charge in [0.25, 0.3) is 0 Å². The molecule has 1 heterocycles. The summed E-state index contributed by atoms with van der Waals surface area (Å²) in [6, 6.07) is 8.61. The second-order valence-electron chi connectivity index (χ2n) is 7.91. The van der Waals surface area contributed by atoms with E-state index >= 15 is 0 Å². The van der Waals surface area contributed by atoms with Crippen LogP contribution in [0.2, 0.25) is 0 Å². The van der Waals surface area contributed by atoms with Crippen molar-refractivity contribution in [3.8, 4) is 0 Å². The molecule has 29 heavy (non-hydrogen) atoms. The number of carbonyl (C=O) groups is 3. The maximum Gasteiger partial charge on any atom is 0.243 e. The Kier molecular flexibility index (Phi) is 9.80. The molecular formula is C22H33N3O4. The zero-order chi connectivity index (χ0) is 21.1. The second kappa shape index (κ2) is 12.3. The van der Waals surface area contributed by atoms with Gasteiger partial charge in [0, 0.05) is 13.1 Å². The maximum atomic E-state index is 12.8. The molecule has 0 radical (unpaired) electrons. The Morgan fingerprint density at radius 1 is 1.14 bits per heavy atom. The number of aldehydes is 1. The summed E-state index contributed by atoms with van der Waals surface area (Å²) < 4.78 is 5.31. The fourth-order valence-corrected chi connectivity index (χ4v) is 3.37. The standard InChI is InChI=1S/C22H33N3O4/c1-17(2)14-19(16-26)23-22(28)20(9-8-18-6-4-3-5-7-18)24-21(27)15-25-10-12-29-13-11-25/h3-7,16-17,19-20H,8-15H2,1-2H3,(H,23,28)(H,24,27)/t19-,20-/m0/s1. The Hall–Kier alpha value is -2.25. The van der Waals surface area contributed by atoms with Crippen LogP contribution < -0.4 is 10.6 Å². The Labute approximate surface area is 173 Å². The molecule has 1 aliphatic heterocycles. The summed E-state index contributed by atoms with van der Waals surface area (Å²) >= 11 is 0. The third-order valence-electron chi connectivity index (χ3n) is 4.90. The molecule has 0 unspecified atom stereocenters. The number of aryl methyl sites for hydroxylation is 1. The first-order chi connectivity index (χ1) is 14.0. The third-order valence-corrected chi connectivity index (χ3v) is 4.90. The third kappa shape index (κ3) is 8.75. The highest BCUT2D eigenvalue weighted by Crippen LogP contribution is 2.08. The maximum absolute atomic E-state index is 12.8. The van der Waals surface area contributed by atoms with Crippen molar-refractivity contribution in [2.75, 3.05) is 32.8 Å². The predicted octanol–water partition coefficient (Wildman–Crippen LogP) is 1.17. The predicted molar refractivity (Wildman–Crippen MR) is 111 cm³/mol. The van der Waals surface area contributed by atoms with Gasteiger partial charge in [0.2, 0.25) is 11.8 Å². The smallest absolute Gasteiger partial charge is 0.243 e. The summed E-state index contributed by atoms with van der Waals surface area (Å²) in [4.78, 5) is 38.7. The minimum Gasteiger partial charge on any atom is -0.379 e. The van der Waals surface area contributed by atoms with E-state index in [0.717, 1.165) is 11.8 Å². The summed E-state index contributed by atoms with van der Waals surface area (Å²) in [5, 5.41) is 5.66. The fourth-order valence-electron chi connectivity index (χ4n) is 3.37. The van der Waals surface area contributed by atoms with E-state index in [1.54, 1.807) is 0 Å². The van der Waals surface area contributed by atoms with E-state index in [0.29, 0.717) is 45.6 Å². The lowest BCUT2D eigenvalue weighted by molar-refractivity contribution is -0.131. The van der Waals surface area contributed by atoms with Gasteiger partial charge in [-0.3, -0.25) is 14.5 Å². The Morgan fingerprint density at radius 2 is 1.83 bits per heavy atom. The number of carbonyl (C=O) groups excluding carboxylic acids is 3. The number of hydrogen-bond donors (Lipinski definition) is 2. The lowest BCUT2D eigenvalue weighted by atomic mass is 10.0. The SMILES string of the molecule is CC(C)C[C@@H](C=O)NC(=O)[C@H](CCc1ccccc1)NC(=O)CN1CCOCC1. The number of morpholine rings is 1. The number of nitrogens with one attached hydrogen (secondary N) is 2. The van der Waals surface area contributed by atoms with Crippen molar-refractivity contribution in [2.45, 2.75) is 45.2 Å². The lowest BCUT2D eigenvalue weighted by Crippen LogP contribution is -2.53. The number of rotatable bonds is 11. The van der Waals surface area contributed by atoms with E-state index in [1.807, 2.05) is 49.1 Å². The number of nitrogens with zero attached hydrogens (tertiary/aromatic N) is 1. The van der Waals surface area contributed by atoms with Gasteiger partial charge in [0.1, 0.15) is 12.3 Å². The molecule has 1 aromatic carbocycles. The van der Waals surface area contributed by atoms with Crippen LogP contribution in [0.4, 0.5) is 0 Å². The minimum absolute atomic E-state index is 0.188. The van der Waals surface area contributed by atoms with Gasteiger partial charge in [-0.15, -0.1) is 0 Å². The molecule has 1 aromatic rings. The van der Waals surface area contributed by atoms with Crippen molar-refractivity contribution >= 4 is 18.1 Å². The monoisotopic (exact) mass is 403 g/mol. The Bertz CT molecular complexity index is 645. The molecule has 1 saturated heterocycles. The molecule has 7 nitrogen and oxygen atoms in total. The lowest BCUT2D eigenvalue weighted by Gasteiger charge is -2.27. The van der Waals surface area contributed by atoms with Gasteiger partial charge in [-0.1, -0.05) is 44.2 Å². The average molecular weight is 404 g/mol. The topological polar surface area (TPSA) is 87.7 Å². The van der Waals surface area contributed by atoms with Crippen LogP contribution in [-0.4, -0.2) is 67.9 Å². The first-order valence-corrected chi connectivity index (χ1v) is 10.4. The molecule has 0 saturated carbocycles. The molecule has 0 aliphatic carbocycles. The van der Waals surface area contributed by atoms with Crippen LogP contribution in [0.15, 0.2) is 30.3 Å². The van der Waals surface area contributed by atoms with Gasteiger partial charge >= 0.3 is 0 Å². The van der Waals surface area contributed by atoms with Crippen LogP contribution in [0.5, 0.6) is 0 Å². The quantitative estimate of drug-likeness (QED) is 0.542. The van der Waals surface area contributed by atoms with Crippen LogP contribution in [0.1, 0.15) is 32.3 Å². The minimum atomic E-state index is -0.682. The summed E-state index contributed by atoms with van der Waals surface area (Å²) in [5.74, 6) is -0.218. The zero-order valence-corrected chi connectivity index (χ0v) is 17.4. The van der Waals surface area contributed by atoms with Gasteiger partial charge in [-0.25, -0.2) is 0 Å². The summed E-state index contributed by atoms with van der Waals surface area (Å²) in [6.45, 7) is 6.87. The first kappa shape index (κ1) is 23.0. The zero-order valence-electron chi connectivity index (χ0n) is 17.4. The van der Waals surface area contributed by atoms with Crippen molar-refractivity contribution < 1.29 is 19.1 Å². The van der Waals surface area contributed by atoms with Crippen LogP contribution in [0, 0.1) is 5.92 Å². The molecule has 0 spiro atoms. The summed E-state index contributed by atoms with van der Waals surface area (Å²) in [5.41, 5.74) is 1.10. The van der Waals surface area contributed by atoms with Gasteiger partial charge in [0.05, 0.1) is 25.8 Å². The van der Waals surface area contributed by atoms with E-state index in [4.69, 9.17) is 4.74 Å². The fraction of sp³-hybridized carbons (Fsp3) is 0.591. The van der Waals surface area contributed by atoms with Crippen molar-refractivity contribution in [3.63, 3.8) is 0 Å². The van der Waals surface area contributed by atoms with Crippen molar-refractivity contribution in [1.82, 2.24) is 15.5 Å². The van der Waals surface area contributed by atoms with Crippen LogP contribution in [0.25, 0.3) is 0 Å². The molecule has 2 atom stereocenters. The van der Waals surface area contributed by atoms with Crippen LogP contribution >= 0.6 is 0 Å². The molecule has 1 aliphatic rings. The molecular weight excluding hydrogens is 370 g/mol. The highest BCUT2D eigenvalue weighted by atomic mass is 16.5. The molecule has 160 valence electrons. The number of benzene rings is 1. The highest BCUT2D eigenvalue weighted by molar-refractivity contribution is 5.89. The van der Waals surface area contributed by atoms with Crippen molar-refractivity contribution in [1.29, 1.82) is 0 Å². The summed E-state index contributed by atoms with van der Waals surface area (Å²) in [7, 11) is 0. The van der Waals surface area contributed by atoms with E-state index in [9.17, 15) is 14.4 Å². The Balaban J connectivity index is 1.97. The van der Waals surface area contributed by atoms with Crippen LogP contribution in [-0.2, 0) is 25.5 Å². The Morgan fingerprint density at radius 3 is 2.45 bits per heavy atom. The molecule has 2 rings (SSSR count). The van der Waals surface area contributed by atoms with Gasteiger partial charge in [-0.2, -0.15) is 0 Å². The van der Waals surface area contributed by atoms with E-state index < -0.39 is 12.1 Å². The normalized spacial score (nSPS) is 16.8. The molecule has 1 fully saturated rings. The number of ether oxygens (including phenoxy) is 1. The van der Waals surface area contributed by atoms with E-state index in [1.165, 1.54) is 0 Å². The molecule has 0 bridgehead atoms. The van der Waals surface area contributed by atoms with Gasteiger partial charge < -0.3 is 20.2 Å². The van der Waals surface area contributed by atoms with Crippen LogP contribution in [0.3, 0.4) is 0 Å². The highest BCUT2D eigenvalue weighted by Gasteiger charge is 2.24. The molecule has 2 N–H and O–H groups in total. The van der Waals surface area contributed by atoms with E-state index in [-0.39, 0.29) is 24.3 Å². The summed E-state index contributed by atoms with van der Waals surface area (Å²) in [6.07, 6.45) is 2.47. The molecule has 7 heteroatoms. The first-order valence-electron chi connectivity index (χ1n) is 10.4. The van der Waals surface area contributed by atoms with Gasteiger partial charge in [0.15, 0.2) is 0 Å². The largest absolute Gasteiger partial charge is 0.379 e. The van der Waals surface area contributed by atoms with E-state index in [2.05, 4.69) is 10.6 Å². The van der Waals surface area contributed by atoms with Crippen molar-refractivity contribution in [3.05, 3.63) is 35.9 Å². The van der Waals surface area contributed by atoms with Crippen molar-refractivity contribution in [2.24, 2.45) is 5.92 Å². The number of hydrogen-bond acceptors (Lipinski definition) is 5. The average Bonchev–Trinajstić information content (AvgIpc) is 2.71. The number of amides is 2. The van der Waals surface area contributed by atoms with Gasteiger partial charge in [-0.05, 0) is 30.7 Å².